The molecule has 18 heavy (non-hydrogen) atoms. The number of nitrogens with one attached hydrogen (secondary N) is 1. The molecule has 1 atom stereocenters. The fourth-order valence-corrected chi connectivity index (χ4v) is 3.39. The third-order valence-electron chi connectivity index (χ3n) is 3.72. The van der Waals surface area contributed by atoms with Crippen molar-refractivity contribution in [2.24, 2.45) is 0 Å². The van der Waals surface area contributed by atoms with Crippen molar-refractivity contribution in [2.75, 3.05) is 37.7 Å². The SMILES string of the molecule is CCNCC1CCCCN1CCCS(=O)(=O)CC. The first-order chi connectivity index (χ1) is 8.59. The molecule has 108 valence electrons. The first-order valence-corrected chi connectivity index (χ1v) is 9.06. The monoisotopic (exact) mass is 276 g/mol. The summed E-state index contributed by atoms with van der Waals surface area (Å²) in [6, 6.07) is 0.600. The minimum Gasteiger partial charge on any atom is -0.315 e. The zero-order valence-corrected chi connectivity index (χ0v) is 12.6. The number of hydrogen-bond donors (Lipinski definition) is 1. The summed E-state index contributed by atoms with van der Waals surface area (Å²) in [5, 5.41) is 3.41. The summed E-state index contributed by atoms with van der Waals surface area (Å²) >= 11 is 0. The molecule has 1 aliphatic rings. The van der Waals surface area contributed by atoms with Gasteiger partial charge in [0.15, 0.2) is 0 Å². The average molecular weight is 276 g/mol. The smallest absolute Gasteiger partial charge is 0.150 e. The van der Waals surface area contributed by atoms with Crippen LogP contribution in [0.3, 0.4) is 0 Å². The fourth-order valence-electron chi connectivity index (χ4n) is 2.53. The van der Waals surface area contributed by atoms with Gasteiger partial charge in [-0.3, -0.25) is 4.90 Å². The van der Waals surface area contributed by atoms with E-state index in [0.29, 0.717) is 11.8 Å². The summed E-state index contributed by atoms with van der Waals surface area (Å²) in [7, 11) is -2.80. The molecule has 1 unspecified atom stereocenters. The Morgan fingerprint density at radius 3 is 2.72 bits per heavy atom. The molecule has 1 saturated heterocycles. The lowest BCUT2D eigenvalue weighted by atomic mass is 10.0. The highest BCUT2D eigenvalue weighted by atomic mass is 32.2. The van der Waals surface area contributed by atoms with E-state index in [1.54, 1.807) is 6.92 Å². The molecule has 4 nitrogen and oxygen atoms in total. The van der Waals surface area contributed by atoms with E-state index in [0.717, 1.165) is 32.6 Å². The summed E-state index contributed by atoms with van der Waals surface area (Å²) in [5.41, 5.74) is 0. The molecule has 1 aliphatic heterocycles. The standard InChI is InChI=1S/C13H28N2O2S/c1-3-14-12-13-8-5-6-9-15(13)10-7-11-18(16,17)4-2/h13-14H,3-12H2,1-2H3. The van der Waals surface area contributed by atoms with Crippen LogP contribution in [0.15, 0.2) is 0 Å². The quantitative estimate of drug-likeness (QED) is 0.725. The third-order valence-corrected chi connectivity index (χ3v) is 5.51. The maximum absolute atomic E-state index is 11.5. The van der Waals surface area contributed by atoms with E-state index in [1.807, 2.05) is 0 Å². The molecule has 0 aromatic heterocycles. The minimum absolute atomic E-state index is 0.272. The highest BCUT2D eigenvalue weighted by Crippen LogP contribution is 2.16. The normalized spacial score (nSPS) is 22.2. The lowest BCUT2D eigenvalue weighted by molar-refractivity contribution is 0.146. The Morgan fingerprint density at radius 2 is 2.06 bits per heavy atom. The van der Waals surface area contributed by atoms with Crippen LogP contribution in [0.1, 0.15) is 39.5 Å². The van der Waals surface area contributed by atoms with Crippen molar-refractivity contribution >= 4 is 9.84 Å². The number of rotatable bonds is 8. The van der Waals surface area contributed by atoms with Gasteiger partial charge in [0, 0.05) is 18.3 Å². The van der Waals surface area contributed by atoms with E-state index in [4.69, 9.17) is 0 Å². The van der Waals surface area contributed by atoms with Gasteiger partial charge in [-0.2, -0.15) is 0 Å². The van der Waals surface area contributed by atoms with Crippen LogP contribution in [-0.2, 0) is 9.84 Å². The fraction of sp³-hybridized carbons (Fsp3) is 1.00. The van der Waals surface area contributed by atoms with Crippen molar-refractivity contribution in [3.05, 3.63) is 0 Å². The predicted molar refractivity (Wildman–Crippen MR) is 76.7 cm³/mol. The molecule has 1 N–H and O–H groups in total. The van der Waals surface area contributed by atoms with Crippen LogP contribution in [0.25, 0.3) is 0 Å². The molecule has 0 radical (unpaired) electrons. The topological polar surface area (TPSA) is 49.4 Å². The van der Waals surface area contributed by atoms with Gasteiger partial charge in [-0.1, -0.05) is 20.3 Å². The van der Waals surface area contributed by atoms with Crippen molar-refractivity contribution in [3.63, 3.8) is 0 Å². The Balaban J connectivity index is 2.33. The molecule has 0 saturated carbocycles. The second-order valence-electron chi connectivity index (χ2n) is 5.08. The Kier molecular flexibility index (Phi) is 7.19. The highest BCUT2D eigenvalue weighted by molar-refractivity contribution is 7.91. The predicted octanol–water partition coefficient (Wildman–Crippen LogP) is 1.28. The third kappa shape index (κ3) is 5.67. The van der Waals surface area contributed by atoms with Gasteiger partial charge in [0.25, 0.3) is 0 Å². The molecule has 0 aromatic rings. The molecule has 0 amide bonds. The van der Waals surface area contributed by atoms with E-state index in [2.05, 4.69) is 17.1 Å². The number of nitrogens with zero attached hydrogens (tertiary/aromatic N) is 1. The van der Waals surface area contributed by atoms with Gasteiger partial charge in [-0.05, 0) is 38.9 Å². The number of likely N-dealkylation sites (tertiary alicyclic amines) is 1. The van der Waals surface area contributed by atoms with Gasteiger partial charge < -0.3 is 5.32 Å². The second-order valence-corrected chi connectivity index (χ2v) is 7.56. The summed E-state index contributed by atoms with van der Waals surface area (Å²) in [6.45, 7) is 7.95. The van der Waals surface area contributed by atoms with Crippen molar-refractivity contribution in [2.45, 2.75) is 45.6 Å². The van der Waals surface area contributed by atoms with Crippen molar-refractivity contribution in [1.82, 2.24) is 10.2 Å². The zero-order valence-electron chi connectivity index (χ0n) is 11.8. The average Bonchev–Trinajstić information content (AvgIpc) is 2.37. The maximum atomic E-state index is 11.5. The van der Waals surface area contributed by atoms with E-state index < -0.39 is 9.84 Å². The first kappa shape index (κ1) is 15.9. The lowest BCUT2D eigenvalue weighted by Crippen LogP contribution is -2.46. The molecular weight excluding hydrogens is 248 g/mol. The zero-order chi connectivity index (χ0) is 13.4. The molecule has 0 aromatic carbocycles. The Morgan fingerprint density at radius 1 is 1.28 bits per heavy atom. The largest absolute Gasteiger partial charge is 0.315 e. The number of likely N-dealkylation sites (N-methyl/N-ethyl adjacent to an activating group) is 1. The second kappa shape index (κ2) is 8.12. The Hall–Kier alpha value is -0.130. The van der Waals surface area contributed by atoms with Gasteiger partial charge >= 0.3 is 0 Å². The van der Waals surface area contributed by atoms with E-state index in [1.165, 1.54) is 19.3 Å². The van der Waals surface area contributed by atoms with Crippen molar-refractivity contribution in [3.8, 4) is 0 Å². The van der Waals surface area contributed by atoms with Gasteiger partial charge in [0.2, 0.25) is 0 Å². The van der Waals surface area contributed by atoms with Crippen LogP contribution in [-0.4, -0.2) is 57.0 Å². The molecule has 0 spiro atoms. The summed E-state index contributed by atoms with van der Waals surface area (Å²) < 4.78 is 22.9. The van der Waals surface area contributed by atoms with Crippen LogP contribution < -0.4 is 5.32 Å². The van der Waals surface area contributed by atoms with E-state index >= 15 is 0 Å². The molecule has 5 heteroatoms. The highest BCUT2D eigenvalue weighted by Gasteiger charge is 2.21. The molecule has 0 bridgehead atoms. The first-order valence-electron chi connectivity index (χ1n) is 7.24. The van der Waals surface area contributed by atoms with Crippen LogP contribution >= 0.6 is 0 Å². The van der Waals surface area contributed by atoms with E-state index in [-0.39, 0.29) is 5.75 Å². The molecule has 1 rings (SSSR count). The summed E-state index contributed by atoms with van der Waals surface area (Å²) in [6.07, 6.45) is 4.58. The van der Waals surface area contributed by atoms with Crippen molar-refractivity contribution < 1.29 is 8.42 Å². The van der Waals surface area contributed by atoms with Crippen LogP contribution in [0.2, 0.25) is 0 Å². The van der Waals surface area contributed by atoms with Crippen LogP contribution in [0, 0.1) is 0 Å². The number of piperidine rings is 1. The maximum Gasteiger partial charge on any atom is 0.150 e. The van der Waals surface area contributed by atoms with Gasteiger partial charge in [0.1, 0.15) is 9.84 Å². The van der Waals surface area contributed by atoms with Crippen LogP contribution in [0.4, 0.5) is 0 Å². The minimum atomic E-state index is -2.80. The molecular formula is C13H28N2O2S. The molecule has 1 fully saturated rings. The Bertz CT molecular complexity index is 317. The van der Waals surface area contributed by atoms with E-state index in [9.17, 15) is 8.42 Å². The summed E-state index contributed by atoms with van der Waals surface area (Å²) in [4.78, 5) is 2.47. The lowest BCUT2D eigenvalue weighted by Gasteiger charge is -2.35. The number of sulfone groups is 1. The molecule has 1 heterocycles. The number of hydrogen-bond acceptors (Lipinski definition) is 4. The Labute approximate surface area is 112 Å². The van der Waals surface area contributed by atoms with Gasteiger partial charge in [-0.15, -0.1) is 0 Å². The van der Waals surface area contributed by atoms with Crippen molar-refractivity contribution in [1.29, 1.82) is 0 Å². The molecule has 0 aliphatic carbocycles. The van der Waals surface area contributed by atoms with Gasteiger partial charge in [-0.25, -0.2) is 8.42 Å². The van der Waals surface area contributed by atoms with Crippen LogP contribution in [0.5, 0.6) is 0 Å². The summed E-state index contributed by atoms with van der Waals surface area (Å²) in [5.74, 6) is 0.613. The van der Waals surface area contributed by atoms with Gasteiger partial charge in [0.05, 0.1) is 5.75 Å².